The van der Waals surface area contributed by atoms with Gasteiger partial charge >= 0.3 is 0 Å². The Kier molecular flexibility index (Phi) is 4.53. The average molecular weight is 402 g/mol. The van der Waals surface area contributed by atoms with Crippen LogP contribution in [-0.2, 0) is 0 Å². The first-order valence-corrected chi connectivity index (χ1v) is 9.65. The molecule has 0 aliphatic heterocycles. The minimum atomic E-state index is 0.474. The minimum Gasteiger partial charge on any atom is -0.497 e. The summed E-state index contributed by atoms with van der Waals surface area (Å²) in [5.74, 6) is 1.89. The highest BCUT2D eigenvalue weighted by atomic mass is 35.5. The second-order valence-corrected chi connectivity index (χ2v) is 6.94. The second kappa shape index (κ2) is 6.86. The number of fused-ring (bicyclic) bond motifs is 3. The minimum absolute atomic E-state index is 0.474. The number of halogens is 1. The molecule has 0 aliphatic carbocycles. The van der Waals surface area contributed by atoms with Gasteiger partial charge in [0.2, 0.25) is 0 Å². The number of nitrogens with zero attached hydrogens (tertiary/aromatic N) is 5. The normalized spacial score (nSPS) is 11.3. The highest BCUT2D eigenvalue weighted by Crippen LogP contribution is 2.41. The molecule has 1 aromatic carbocycles. The van der Waals surface area contributed by atoms with Crippen LogP contribution in [0.25, 0.3) is 27.8 Å². The Morgan fingerprint density at radius 1 is 1.04 bits per heavy atom. The molecular weight excluding hydrogens is 386 g/mol. The number of benzene rings is 1. The molecule has 0 bridgehead atoms. The third-order valence-electron chi connectivity index (χ3n) is 4.29. The smallest absolute Gasteiger partial charge is 0.189 e. The molecule has 0 spiro atoms. The standard InChI is InChI=1S/C18H16ClN5O2S/c1-9-22-23-17-13(12-6-11(25-2)7-14(26-3)15(12)19)5-10-8-20-18(27-4)21-16(10)24(9)17/h5-8H,1-4H3. The van der Waals surface area contributed by atoms with Gasteiger partial charge in [0.05, 0.1) is 19.2 Å². The van der Waals surface area contributed by atoms with Crippen LogP contribution in [0.15, 0.2) is 29.6 Å². The van der Waals surface area contributed by atoms with Crippen molar-refractivity contribution in [2.24, 2.45) is 0 Å². The fourth-order valence-corrected chi connectivity index (χ4v) is 3.61. The molecule has 7 nitrogen and oxygen atoms in total. The molecule has 0 radical (unpaired) electrons. The van der Waals surface area contributed by atoms with Crippen LogP contribution in [0.2, 0.25) is 5.02 Å². The monoisotopic (exact) mass is 401 g/mol. The molecule has 3 aromatic heterocycles. The summed E-state index contributed by atoms with van der Waals surface area (Å²) in [6.45, 7) is 1.89. The highest BCUT2D eigenvalue weighted by molar-refractivity contribution is 7.98. The van der Waals surface area contributed by atoms with Crippen molar-refractivity contribution >= 4 is 40.0 Å². The summed E-state index contributed by atoms with van der Waals surface area (Å²) in [4.78, 5) is 9.02. The number of aromatic nitrogens is 5. The van der Waals surface area contributed by atoms with Crippen molar-refractivity contribution in [3.05, 3.63) is 35.2 Å². The lowest BCUT2D eigenvalue weighted by molar-refractivity contribution is 0.395. The van der Waals surface area contributed by atoms with Crippen LogP contribution in [0.3, 0.4) is 0 Å². The quantitative estimate of drug-likeness (QED) is 0.377. The van der Waals surface area contributed by atoms with Crippen molar-refractivity contribution in [1.29, 1.82) is 0 Å². The van der Waals surface area contributed by atoms with Gasteiger partial charge in [-0.25, -0.2) is 9.97 Å². The largest absolute Gasteiger partial charge is 0.497 e. The van der Waals surface area contributed by atoms with E-state index in [9.17, 15) is 0 Å². The first-order valence-electron chi connectivity index (χ1n) is 8.04. The number of rotatable bonds is 4. The van der Waals surface area contributed by atoms with E-state index < -0.39 is 0 Å². The molecule has 0 aliphatic rings. The molecule has 0 saturated carbocycles. The summed E-state index contributed by atoms with van der Waals surface area (Å²) >= 11 is 8.09. The van der Waals surface area contributed by atoms with Crippen molar-refractivity contribution in [3.8, 4) is 22.6 Å². The molecular formula is C18H16ClN5O2S. The van der Waals surface area contributed by atoms with Gasteiger partial charge in [0.25, 0.3) is 0 Å². The number of methoxy groups -OCH3 is 2. The molecule has 27 heavy (non-hydrogen) atoms. The molecule has 4 aromatic rings. The van der Waals surface area contributed by atoms with E-state index in [-0.39, 0.29) is 0 Å². The van der Waals surface area contributed by atoms with Gasteiger partial charge in [-0.05, 0) is 25.3 Å². The van der Waals surface area contributed by atoms with E-state index in [1.54, 1.807) is 26.5 Å². The van der Waals surface area contributed by atoms with E-state index in [0.29, 0.717) is 27.3 Å². The van der Waals surface area contributed by atoms with E-state index in [2.05, 4.69) is 20.2 Å². The van der Waals surface area contributed by atoms with Crippen LogP contribution >= 0.6 is 23.4 Å². The van der Waals surface area contributed by atoms with Crippen molar-refractivity contribution in [3.63, 3.8) is 0 Å². The lowest BCUT2D eigenvalue weighted by Gasteiger charge is -2.13. The van der Waals surface area contributed by atoms with Gasteiger partial charge in [-0.2, -0.15) is 0 Å². The lowest BCUT2D eigenvalue weighted by atomic mass is 10.0. The zero-order valence-electron chi connectivity index (χ0n) is 15.1. The Bertz CT molecular complexity index is 1180. The Morgan fingerprint density at radius 3 is 2.56 bits per heavy atom. The number of hydrogen-bond acceptors (Lipinski definition) is 7. The van der Waals surface area contributed by atoms with E-state index in [1.807, 2.05) is 29.7 Å². The van der Waals surface area contributed by atoms with Crippen molar-refractivity contribution in [2.75, 3.05) is 20.5 Å². The Balaban J connectivity index is 2.11. The predicted molar refractivity (Wildman–Crippen MR) is 106 cm³/mol. The van der Waals surface area contributed by atoms with Crippen molar-refractivity contribution in [1.82, 2.24) is 24.6 Å². The SMILES string of the molecule is COc1cc(OC)c(Cl)c(-c2cc3cnc(SC)nc3n3c(C)nnc23)c1. The number of aryl methyl sites for hydroxylation is 1. The average Bonchev–Trinajstić information content (AvgIpc) is 3.09. The topological polar surface area (TPSA) is 74.4 Å². The first kappa shape index (κ1) is 17.8. The van der Waals surface area contributed by atoms with Crippen LogP contribution in [0.4, 0.5) is 0 Å². The third kappa shape index (κ3) is 2.85. The van der Waals surface area contributed by atoms with Crippen LogP contribution in [0.5, 0.6) is 11.5 Å². The fourth-order valence-electron chi connectivity index (χ4n) is 2.99. The van der Waals surface area contributed by atoms with E-state index in [4.69, 9.17) is 21.1 Å². The van der Waals surface area contributed by atoms with Crippen molar-refractivity contribution in [2.45, 2.75) is 12.1 Å². The van der Waals surface area contributed by atoms with Crippen molar-refractivity contribution < 1.29 is 9.47 Å². The molecule has 0 saturated heterocycles. The van der Waals surface area contributed by atoms with E-state index in [0.717, 1.165) is 28.0 Å². The van der Waals surface area contributed by atoms with Crippen LogP contribution in [0, 0.1) is 6.92 Å². The summed E-state index contributed by atoms with van der Waals surface area (Å²) in [5.41, 5.74) is 2.94. The van der Waals surface area contributed by atoms with Gasteiger partial charge in [-0.1, -0.05) is 23.4 Å². The molecule has 4 rings (SSSR count). The zero-order valence-corrected chi connectivity index (χ0v) is 16.7. The summed E-state index contributed by atoms with van der Waals surface area (Å²) in [7, 11) is 3.17. The molecule has 0 atom stereocenters. The number of hydrogen-bond donors (Lipinski definition) is 0. The molecule has 0 amide bonds. The lowest BCUT2D eigenvalue weighted by Crippen LogP contribution is -1.99. The number of ether oxygens (including phenoxy) is 2. The summed E-state index contributed by atoms with van der Waals surface area (Å²) in [5, 5.41) is 10.6. The van der Waals surface area contributed by atoms with Gasteiger partial charge in [0, 0.05) is 28.8 Å². The number of thioether (sulfide) groups is 1. The Hall–Kier alpha value is -2.58. The van der Waals surface area contributed by atoms with Gasteiger partial charge in [-0.15, -0.1) is 10.2 Å². The molecule has 138 valence electrons. The molecule has 0 fully saturated rings. The maximum Gasteiger partial charge on any atom is 0.189 e. The van der Waals surface area contributed by atoms with Crippen LogP contribution in [0.1, 0.15) is 5.82 Å². The second-order valence-electron chi connectivity index (χ2n) is 5.79. The van der Waals surface area contributed by atoms with E-state index >= 15 is 0 Å². The maximum absolute atomic E-state index is 6.61. The highest BCUT2D eigenvalue weighted by Gasteiger charge is 2.19. The van der Waals surface area contributed by atoms with Gasteiger partial charge in [0.15, 0.2) is 16.5 Å². The maximum atomic E-state index is 6.61. The Morgan fingerprint density at radius 2 is 1.85 bits per heavy atom. The number of pyridine rings is 1. The zero-order chi connectivity index (χ0) is 19.1. The third-order valence-corrected chi connectivity index (χ3v) is 5.24. The van der Waals surface area contributed by atoms with Gasteiger partial charge in [-0.3, -0.25) is 4.40 Å². The van der Waals surface area contributed by atoms with Gasteiger partial charge in [0.1, 0.15) is 17.3 Å². The molecule has 9 heteroatoms. The fraction of sp³-hybridized carbons (Fsp3) is 0.222. The summed E-state index contributed by atoms with van der Waals surface area (Å²) < 4.78 is 12.7. The summed E-state index contributed by atoms with van der Waals surface area (Å²) in [6.07, 6.45) is 3.73. The molecule has 0 N–H and O–H groups in total. The first-order chi connectivity index (χ1) is 13.1. The van der Waals surface area contributed by atoms with E-state index in [1.165, 1.54) is 11.8 Å². The van der Waals surface area contributed by atoms with Crippen LogP contribution < -0.4 is 9.47 Å². The van der Waals surface area contributed by atoms with Crippen LogP contribution in [-0.4, -0.2) is 45.0 Å². The molecule has 3 heterocycles. The Labute approximate surface area is 164 Å². The predicted octanol–water partition coefficient (Wildman–Crippen LogP) is 4.04. The molecule has 0 unspecified atom stereocenters. The van der Waals surface area contributed by atoms with Gasteiger partial charge < -0.3 is 9.47 Å². The summed E-state index contributed by atoms with van der Waals surface area (Å²) in [6, 6.07) is 5.56.